The Balaban J connectivity index is 1.42. The third kappa shape index (κ3) is 4.05. The fourth-order valence-electron chi connectivity index (χ4n) is 3.71. The Morgan fingerprint density at radius 2 is 1.73 bits per heavy atom. The largest absolute Gasteiger partial charge is 0.490 e. The van der Waals surface area contributed by atoms with E-state index in [0.717, 1.165) is 16.7 Å². The van der Waals surface area contributed by atoms with Gasteiger partial charge in [0.2, 0.25) is 0 Å². The number of fused-ring (bicyclic) bond motifs is 2. The number of benzene rings is 2. The second-order valence-electron chi connectivity index (χ2n) is 7.77. The van der Waals surface area contributed by atoms with E-state index < -0.39 is 5.56 Å². The van der Waals surface area contributed by atoms with Crippen LogP contribution in [-0.2, 0) is 11.3 Å². The molecule has 1 amide bonds. The molecular formula is C24H21N3O6. The summed E-state index contributed by atoms with van der Waals surface area (Å²) in [5.41, 5.74) is 1.75. The molecule has 0 aliphatic carbocycles. The van der Waals surface area contributed by atoms with Gasteiger partial charge in [0.05, 0.1) is 24.6 Å². The number of amides is 1. The van der Waals surface area contributed by atoms with Crippen LogP contribution in [0.15, 0.2) is 53.3 Å². The predicted octanol–water partition coefficient (Wildman–Crippen LogP) is 2.31. The van der Waals surface area contributed by atoms with E-state index in [1.165, 1.54) is 11.0 Å². The molecule has 0 fully saturated rings. The molecule has 3 aromatic rings. The number of Topliss-reactive ketones (excluding diaryl/α,β-unsaturated/α-hetero) is 1. The molecule has 1 aromatic heterocycles. The van der Waals surface area contributed by atoms with Crippen LogP contribution < -0.4 is 24.7 Å². The van der Waals surface area contributed by atoms with Crippen LogP contribution in [-0.4, -0.2) is 48.3 Å². The number of carbonyl (C=O) groups is 2. The molecule has 0 radical (unpaired) electrons. The van der Waals surface area contributed by atoms with Gasteiger partial charge in [0.1, 0.15) is 12.3 Å². The molecule has 33 heavy (non-hydrogen) atoms. The van der Waals surface area contributed by atoms with Gasteiger partial charge in [-0.2, -0.15) is 5.10 Å². The molecule has 9 nitrogen and oxygen atoms in total. The van der Waals surface area contributed by atoms with Gasteiger partial charge in [-0.1, -0.05) is 0 Å². The van der Waals surface area contributed by atoms with Crippen LogP contribution in [0.3, 0.4) is 0 Å². The zero-order valence-electron chi connectivity index (χ0n) is 17.9. The molecule has 3 heterocycles. The third-order valence-electron chi connectivity index (χ3n) is 5.57. The first-order valence-corrected chi connectivity index (χ1v) is 10.5. The molecule has 5 rings (SSSR count). The summed E-state index contributed by atoms with van der Waals surface area (Å²) in [5.74, 6) is 1.30. The van der Waals surface area contributed by atoms with Gasteiger partial charge in [0, 0.05) is 30.7 Å². The average Bonchev–Trinajstić information content (AvgIpc) is 3.07. The van der Waals surface area contributed by atoms with E-state index in [9.17, 15) is 14.4 Å². The zero-order valence-corrected chi connectivity index (χ0v) is 17.9. The van der Waals surface area contributed by atoms with Gasteiger partial charge < -0.3 is 19.1 Å². The lowest BCUT2D eigenvalue weighted by molar-refractivity contribution is -0.120. The molecular weight excluding hydrogens is 426 g/mol. The molecule has 2 aliphatic heterocycles. The molecule has 0 saturated carbocycles. The highest BCUT2D eigenvalue weighted by Crippen LogP contribution is 2.34. The van der Waals surface area contributed by atoms with Crippen molar-refractivity contribution >= 4 is 17.4 Å². The minimum atomic E-state index is -0.393. The molecule has 0 atom stereocenters. The smallest absolute Gasteiger partial charge is 0.267 e. The summed E-state index contributed by atoms with van der Waals surface area (Å²) in [6.07, 6.45) is 0.800. The van der Waals surface area contributed by atoms with E-state index in [-0.39, 0.29) is 24.8 Å². The molecule has 0 spiro atoms. The van der Waals surface area contributed by atoms with Crippen LogP contribution in [0.1, 0.15) is 16.8 Å². The Morgan fingerprint density at radius 1 is 0.939 bits per heavy atom. The van der Waals surface area contributed by atoms with E-state index in [4.69, 9.17) is 14.2 Å². The number of carbonyl (C=O) groups excluding carboxylic acids is 2. The predicted molar refractivity (Wildman–Crippen MR) is 119 cm³/mol. The van der Waals surface area contributed by atoms with Gasteiger partial charge in [0.15, 0.2) is 23.9 Å². The van der Waals surface area contributed by atoms with Crippen LogP contribution in [0, 0.1) is 0 Å². The first-order chi connectivity index (χ1) is 16.0. The summed E-state index contributed by atoms with van der Waals surface area (Å²) in [7, 11) is 1.63. The number of likely N-dealkylation sites (N-methyl/N-ethyl adjacent to an activating group) is 1. The number of hydrogen-bond donors (Lipinski definition) is 0. The normalized spacial score (nSPS) is 14.8. The lowest BCUT2D eigenvalue weighted by atomic mass is 10.1. The van der Waals surface area contributed by atoms with Gasteiger partial charge in [-0.3, -0.25) is 14.4 Å². The number of rotatable bonds is 4. The summed E-state index contributed by atoms with van der Waals surface area (Å²) < 4.78 is 17.9. The third-order valence-corrected chi connectivity index (χ3v) is 5.57. The fourth-order valence-corrected chi connectivity index (χ4v) is 3.71. The Hall–Kier alpha value is -4.14. The average molecular weight is 447 g/mol. The topological polar surface area (TPSA) is 100.0 Å². The van der Waals surface area contributed by atoms with E-state index >= 15 is 0 Å². The maximum Gasteiger partial charge on any atom is 0.267 e. The fraction of sp³-hybridized carbons (Fsp3) is 0.250. The Kier molecular flexibility index (Phi) is 5.29. The van der Waals surface area contributed by atoms with E-state index in [1.807, 2.05) is 18.2 Å². The molecule has 9 heteroatoms. The lowest BCUT2D eigenvalue weighted by Gasteiger charge is -2.26. The maximum atomic E-state index is 12.9. The first-order valence-electron chi connectivity index (χ1n) is 10.5. The molecule has 2 aliphatic rings. The van der Waals surface area contributed by atoms with Crippen LogP contribution in [0.5, 0.6) is 17.2 Å². The number of hydrogen-bond acceptors (Lipinski definition) is 7. The van der Waals surface area contributed by atoms with Crippen LogP contribution >= 0.6 is 0 Å². The molecule has 0 N–H and O–H groups in total. The van der Waals surface area contributed by atoms with Crippen molar-refractivity contribution in [2.45, 2.75) is 13.0 Å². The Bertz CT molecular complexity index is 1320. The Morgan fingerprint density at radius 3 is 2.58 bits per heavy atom. The second-order valence-corrected chi connectivity index (χ2v) is 7.77. The van der Waals surface area contributed by atoms with Crippen molar-refractivity contribution in [1.29, 1.82) is 0 Å². The lowest BCUT2D eigenvalue weighted by Crippen LogP contribution is -2.35. The number of nitrogens with zero attached hydrogens (tertiary/aromatic N) is 3. The van der Waals surface area contributed by atoms with Crippen molar-refractivity contribution in [3.8, 4) is 28.5 Å². The molecule has 0 saturated heterocycles. The number of ketones is 1. The minimum Gasteiger partial charge on any atom is -0.490 e. The van der Waals surface area contributed by atoms with Crippen LogP contribution in [0.4, 0.5) is 5.69 Å². The first kappa shape index (κ1) is 20.7. The SMILES string of the molecule is CN1C(=O)COc2ccc(C(=O)Cn3nc(-c4ccc5c(c4)OCCCO5)ccc3=O)cc21. The van der Waals surface area contributed by atoms with Crippen LogP contribution in [0.2, 0.25) is 0 Å². The van der Waals surface area contributed by atoms with E-state index in [0.29, 0.717) is 47.4 Å². The zero-order chi connectivity index (χ0) is 22.9. The van der Waals surface area contributed by atoms with Gasteiger partial charge in [-0.15, -0.1) is 0 Å². The molecule has 168 valence electrons. The molecule has 2 aromatic carbocycles. The summed E-state index contributed by atoms with van der Waals surface area (Å²) in [5, 5.41) is 4.39. The van der Waals surface area contributed by atoms with E-state index in [2.05, 4.69) is 5.10 Å². The maximum absolute atomic E-state index is 12.9. The highest BCUT2D eigenvalue weighted by atomic mass is 16.5. The quantitative estimate of drug-likeness (QED) is 0.566. The number of anilines is 1. The molecule has 0 bridgehead atoms. The molecule has 0 unspecified atom stereocenters. The summed E-state index contributed by atoms with van der Waals surface area (Å²) >= 11 is 0. The van der Waals surface area contributed by atoms with Gasteiger partial charge in [-0.05, 0) is 42.5 Å². The minimum absolute atomic E-state index is 0.0389. The summed E-state index contributed by atoms with van der Waals surface area (Å²) in [4.78, 5) is 38.7. The van der Waals surface area contributed by atoms with Crippen molar-refractivity contribution in [3.05, 3.63) is 64.4 Å². The number of aromatic nitrogens is 2. The van der Waals surface area contributed by atoms with Gasteiger partial charge >= 0.3 is 0 Å². The van der Waals surface area contributed by atoms with E-state index in [1.54, 1.807) is 31.3 Å². The van der Waals surface area contributed by atoms with Crippen molar-refractivity contribution in [1.82, 2.24) is 9.78 Å². The van der Waals surface area contributed by atoms with Gasteiger partial charge in [0.25, 0.3) is 11.5 Å². The standard InChI is InChI=1S/C24H21N3O6/c1-26-18-11-16(4-6-20(18)33-14-24(26)30)19(28)13-27-23(29)8-5-17(25-27)15-3-7-21-22(12-15)32-10-2-9-31-21/h3-8,11-12H,2,9-10,13-14H2,1H3. The van der Waals surface area contributed by atoms with Crippen molar-refractivity contribution in [2.75, 3.05) is 31.8 Å². The summed E-state index contributed by atoms with van der Waals surface area (Å²) in [6.45, 7) is 0.873. The van der Waals surface area contributed by atoms with Crippen LogP contribution in [0.25, 0.3) is 11.3 Å². The highest BCUT2D eigenvalue weighted by molar-refractivity contribution is 6.01. The monoisotopic (exact) mass is 447 g/mol. The van der Waals surface area contributed by atoms with Crippen molar-refractivity contribution < 1.29 is 23.8 Å². The highest BCUT2D eigenvalue weighted by Gasteiger charge is 2.23. The van der Waals surface area contributed by atoms with Gasteiger partial charge in [-0.25, -0.2) is 4.68 Å². The van der Waals surface area contributed by atoms with Crippen molar-refractivity contribution in [2.24, 2.45) is 0 Å². The summed E-state index contributed by atoms with van der Waals surface area (Å²) in [6, 6.07) is 13.3. The van der Waals surface area contributed by atoms with Crippen molar-refractivity contribution in [3.63, 3.8) is 0 Å². The second kappa shape index (κ2) is 8.42. The number of ether oxygens (including phenoxy) is 3. The Labute approximate surface area is 189 Å².